The van der Waals surface area contributed by atoms with Gasteiger partial charge in [-0.2, -0.15) is 0 Å². The average molecular weight is 170 g/mol. The molecule has 0 aliphatic carbocycles. The van der Waals surface area contributed by atoms with Gasteiger partial charge in [0.2, 0.25) is 0 Å². The molecule has 0 spiro atoms. The number of ketones is 1. The molecule has 0 aromatic carbocycles. The maximum atomic E-state index is 11.4. The normalized spacial score (nSPS) is 12.3. The third kappa shape index (κ3) is 4.29. The van der Waals surface area contributed by atoms with Gasteiger partial charge in [-0.25, -0.2) is 0 Å². The maximum Gasteiger partial charge on any atom is 0.184 e. The zero-order chi connectivity index (χ0) is 9.56. The molecule has 0 aromatic rings. The zero-order valence-corrected chi connectivity index (χ0v) is 8.39. The summed E-state index contributed by atoms with van der Waals surface area (Å²) in [4.78, 5) is 11.4. The van der Waals surface area contributed by atoms with Crippen molar-refractivity contribution in [2.24, 2.45) is 0 Å². The summed E-state index contributed by atoms with van der Waals surface area (Å²) < 4.78 is 5.06. The Hall–Kier alpha value is -0.630. The molecule has 0 fully saturated rings. The largest absolute Gasteiger partial charge is 0.373 e. The van der Waals surface area contributed by atoms with E-state index in [-0.39, 0.29) is 11.9 Å². The van der Waals surface area contributed by atoms with Crippen LogP contribution < -0.4 is 0 Å². The highest BCUT2D eigenvalue weighted by molar-refractivity contribution is 5.93. The van der Waals surface area contributed by atoms with Crippen LogP contribution in [0.15, 0.2) is 11.6 Å². The summed E-state index contributed by atoms with van der Waals surface area (Å²) in [5.74, 6) is 0.0827. The molecule has 12 heavy (non-hydrogen) atoms. The Morgan fingerprint density at radius 2 is 2.08 bits per heavy atom. The number of hydrogen-bond acceptors (Lipinski definition) is 2. The van der Waals surface area contributed by atoms with Gasteiger partial charge in [0.25, 0.3) is 0 Å². The predicted molar refractivity (Wildman–Crippen MR) is 50.1 cm³/mol. The van der Waals surface area contributed by atoms with Crippen molar-refractivity contribution in [3.05, 3.63) is 11.6 Å². The van der Waals surface area contributed by atoms with Crippen LogP contribution in [0.5, 0.6) is 0 Å². The summed E-state index contributed by atoms with van der Waals surface area (Å²) in [5, 5.41) is 0. The lowest BCUT2D eigenvalue weighted by Gasteiger charge is -2.10. The molecule has 2 heteroatoms. The first-order chi connectivity index (χ1) is 5.61. The van der Waals surface area contributed by atoms with E-state index in [2.05, 4.69) is 0 Å². The molecule has 0 radical (unpaired) electrons. The Morgan fingerprint density at radius 3 is 2.42 bits per heavy atom. The minimum Gasteiger partial charge on any atom is -0.373 e. The van der Waals surface area contributed by atoms with Crippen LogP contribution in [0.4, 0.5) is 0 Å². The van der Waals surface area contributed by atoms with E-state index in [1.807, 2.05) is 20.8 Å². The van der Waals surface area contributed by atoms with Crippen LogP contribution in [-0.4, -0.2) is 19.0 Å². The fourth-order valence-corrected chi connectivity index (χ4v) is 1.02. The highest BCUT2D eigenvalue weighted by Crippen LogP contribution is 2.04. The Labute approximate surface area is 74.6 Å². The number of allylic oxidation sites excluding steroid dienone is 1. The Bertz CT molecular complexity index is 167. The Kier molecular flexibility index (Phi) is 5.64. The molecule has 0 bridgehead atoms. The zero-order valence-electron chi connectivity index (χ0n) is 8.39. The molecule has 0 rings (SSSR count). The summed E-state index contributed by atoms with van der Waals surface area (Å²) >= 11 is 0. The van der Waals surface area contributed by atoms with E-state index < -0.39 is 0 Å². The number of hydrogen-bond donors (Lipinski definition) is 0. The van der Waals surface area contributed by atoms with Crippen molar-refractivity contribution >= 4 is 5.78 Å². The van der Waals surface area contributed by atoms with E-state index in [4.69, 9.17) is 4.74 Å². The SMILES string of the molecule is CCCC(OC)C(=O)C=C(C)C. The van der Waals surface area contributed by atoms with Crippen LogP contribution in [0.25, 0.3) is 0 Å². The van der Waals surface area contributed by atoms with Crippen LogP contribution in [0.3, 0.4) is 0 Å². The van der Waals surface area contributed by atoms with Crippen LogP contribution in [-0.2, 0) is 9.53 Å². The molecule has 0 aromatic heterocycles. The van der Waals surface area contributed by atoms with Crippen molar-refractivity contribution in [3.8, 4) is 0 Å². The summed E-state index contributed by atoms with van der Waals surface area (Å²) in [6, 6.07) is 0. The molecule has 0 aliphatic heterocycles. The number of rotatable bonds is 5. The molecule has 2 nitrogen and oxygen atoms in total. The third-order valence-electron chi connectivity index (χ3n) is 1.58. The number of carbonyl (C=O) groups is 1. The van der Waals surface area contributed by atoms with Crippen LogP contribution in [0.1, 0.15) is 33.6 Å². The van der Waals surface area contributed by atoms with Crippen LogP contribution in [0, 0.1) is 0 Å². The van der Waals surface area contributed by atoms with Gasteiger partial charge in [-0.15, -0.1) is 0 Å². The minimum absolute atomic E-state index is 0.0827. The second kappa shape index (κ2) is 5.95. The van der Waals surface area contributed by atoms with Crippen molar-refractivity contribution < 1.29 is 9.53 Å². The molecule has 0 heterocycles. The lowest BCUT2D eigenvalue weighted by Crippen LogP contribution is -2.20. The summed E-state index contributed by atoms with van der Waals surface area (Å²) in [6.07, 6.45) is 3.17. The minimum atomic E-state index is -0.245. The van der Waals surface area contributed by atoms with Gasteiger partial charge in [0, 0.05) is 7.11 Å². The van der Waals surface area contributed by atoms with Gasteiger partial charge < -0.3 is 4.74 Å². The molecular formula is C10H18O2. The van der Waals surface area contributed by atoms with Gasteiger partial charge in [0.1, 0.15) is 6.10 Å². The van der Waals surface area contributed by atoms with Crippen molar-refractivity contribution in [2.75, 3.05) is 7.11 Å². The second-order valence-electron chi connectivity index (χ2n) is 3.14. The summed E-state index contributed by atoms with van der Waals surface area (Å²) in [6.45, 7) is 5.87. The van der Waals surface area contributed by atoms with Gasteiger partial charge in [-0.05, 0) is 26.3 Å². The molecule has 0 aliphatic rings. The van der Waals surface area contributed by atoms with E-state index >= 15 is 0 Å². The molecule has 70 valence electrons. The molecule has 0 saturated carbocycles. The Balaban J connectivity index is 4.12. The number of carbonyl (C=O) groups excluding carboxylic acids is 1. The topological polar surface area (TPSA) is 26.3 Å². The van der Waals surface area contributed by atoms with Crippen molar-refractivity contribution in [2.45, 2.75) is 39.7 Å². The van der Waals surface area contributed by atoms with E-state index in [9.17, 15) is 4.79 Å². The molecule has 1 unspecified atom stereocenters. The van der Waals surface area contributed by atoms with Crippen molar-refractivity contribution in [1.82, 2.24) is 0 Å². The van der Waals surface area contributed by atoms with E-state index in [1.54, 1.807) is 13.2 Å². The molecule has 0 N–H and O–H groups in total. The summed E-state index contributed by atoms with van der Waals surface area (Å²) in [7, 11) is 1.58. The lowest BCUT2D eigenvalue weighted by molar-refractivity contribution is -0.124. The maximum absolute atomic E-state index is 11.4. The smallest absolute Gasteiger partial charge is 0.184 e. The van der Waals surface area contributed by atoms with Gasteiger partial charge >= 0.3 is 0 Å². The first kappa shape index (κ1) is 11.4. The van der Waals surface area contributed by atoms with Gasteiger partial charge in [-0.1, -0.05) is 18.9 Å². The fraction of sp³-hybridized carbons (Fsp3) is 0.700. The average Bonchev–Trinajstić information content (AvgIpc) is 1.98. The number of methoxy groups -OCH3 is 1. The quantitative estimate of drug-likeness (QED) is 0.592. The van der Waals surface area contributed by atoms with E-state index in [0.717, 1.165) is 18.4 Å². The van der Waals surface area contributed by atoms with Crippen molar-refractivity contribution in [1.29, 1.82) is 0 Å². The van der Waals surface area contributed by atoms with Crippen molar-refractivity contribution in [3.63, 3.8) is 0 Å². The first-order valence-electron chi connectivity index (χ1n) is 4.33. The third-order valence-corrected chi connectivity index (χ3v) is 1.58. The monoisotopic (exact) mass is 170 g/mol. The first-order valence-corrected chi connectivity index (χ1v) is 4.33. The van der Waals surface area contributed by atoms with Gasteiger partial charge in [-0.3, -0.25) is 4.79 Å². The molecule has 0 saturated heterocycles. The fourth-order valence-electron chi connectivity index (χ4n) is 1.02. The second-order valence-corrected chi connectivity index (χ2v) is 3.14. The molecular weight excluding hydrogens is 152 g/mol. The Morgan fingerprint density at radius 1 is 1.50 bits per heavy atom. The molecule has 1 atom stereocenters. The molecule has 0 amide bonds. The highest BCUT2D eigenvalue weighted by Gasteiger charge is 2.13. The summed E-state index contributed by atoms with van der Waals surface area (Å²) in [5.41, 5.74) is 1.03. The number of ether oxygens (including phenoxy) is 1. The highest BCUT2D eigenvalue weighted by atomic mass is 16.5. The predicted octanol–water partition coefficient (Wildman–Crippen LogP) is 2.34. The van der Waals surface area contributed by atoms with E-state index in [0.29, 0.717) is 0 Å². The van der Waals surface area contributed by atoms with E-state index in [1.165, 1.54) is 0 Å². The van der Waals surface area contributed by atoms with Crippen LogP contribution in [0.2, 0.25) is 0 Å². The van der Waals surface area contributed by atoms with Gasteiger partial charge in [0.15, 0.2) is 5.78 Å². The lowest BCUT2D eigenvalue weighted by atomic mass is 10.1. The standard InChI is InChI=1S/C10H18O2/c1-5-6-10(12-4)9(11)7-8(2)3/h7,10H,5-6H2,1-4H3. The van der Waals surface area contributed by atoms with Crippen LogP contribution >= 0.6 is 0 Å². The van der Waals surface area contributed by atoms with Gasteiger partial charge in [0.05, 0.1) is 0 Å².